The van der Waals surface area contributed by atoms with Crippen LogP contribution in [0, 0.1) is 0 Å². The van der Waals surface area contributed by atoms with Gasteiger partial charge in [0.05, 0.1) is 11.9 Å². The van der Waals surface area contributed by atoms with Gasteiger partial charge in [0.15, 0.2) is 9.84 Å². The lowest BCUT2D eigenvalue weighted by Crippen LogP contribution is -2.25. The molecule has 0 heterocycles. The number of aliphatic hydroxyl groups excluding tert-OH is 1. The van der Waals surface area contributed by atoms with Gasteiger partial charge in [-0.05, 0) is 37.5 Å². The van der Waals surface area contributed by atoms with E-state index in [-0.39, 0.29) is 17.8 Å². The van der Waals surface area contributed by atoms with Gasteiger partial charge in [0, 0.05) is 18.4 Å². The van der Waals surface area contributed by atoms with Gasteiger partial charge in [-0.15, -0.1) is 0 Å². The van der Waals surface area contributed by atoms with Gasteiger partial charge in [-0.1, -0.05) is 12.1 Å². The minimum atomic E-state index is -3.06. The van der Waals surface area contributed by atoms with Crippen LogP contribution in [-0.4, -0.2) is 38.3 Å². The number of carbonyl (C=O) groups excluding carboxylic acids is 1. The van der Waals surface area contributed by atoms with Crippen LogP contribution in [0.3, 0.4) is 0 Å². The number of aliphatic hydroxyl groups is 1. The molecule has 0 aliphatic rings. The van der Waals surface area contributed by atoms with Crippen molar-refractivity contribution in [3.05, 3.63) is 35.4 Å². The molecule has 0 radical (unpaired) electrons. The predicted molar refractivity (Wildman–Crippen MR) is 78.2 cm³/mol. The van der Waals surface area contributed by atoms with E-state index in [2.05, 4.69) is 5.32 Å². The molecule has 112 valence electrons. The van der Waals surface area contributed by atoms with E-state index in [4.69, 9.17) is 5.11 Å². The van der Waals surface area contributed by atoms with Gasteiger partial charge in [-0.2, -0.15) is 0 Å². The zero-order valence-electron chi connectivity index (χ0n) is 11.8. The maximum atomic E-state index is 11.8. The zero-order chi connectivity index (χ0) is 15.2. The van der Waals surface area contributed by atoms with Crippen LogP contribution in [0.15, 0.2) is 24.3 Å². The van der Waals surface area contributed by atoms with Crippen LogP contribution < -0.4 is 5.32 Å². The molecule has 1 rings (SSSR count). The number of hydrogen-bond acceptors (Lipinski definition) is 4. The lowest BCUT2D eigenvalue weighted by atomic mass is 10.1. The molecule has 0 saturated carbocycles. The Kier molecular flexibility index (Phi) is 6.16. The van der Waals surface area contributed by atoms with Crippen LogP contribution in [-0.2, 0) is 15.6 Å². The Labute approximate surface area is 119 Å². The summed E-state index contributed by atoms with van der Waals surface area (Å²) in [4.78, 5) is 11.8. The SMILES string of the molecule is CC(O)CCCNC(=O)c1ccc(CS(C)(=O)=O)cc1. The monoisotopic (exact) mass is 299 g/mol. The summed E-state index contributed by atoms with van der Waals surface area (Å²) >= 11 is 0. The number of nitrogens with one attached hydrogen (secondary N) is 1. The molecule has 0 spiro atoms. The van der Waals surface area contributed by atoms with Crippen LogP contribution in [0.25, 0.3) is 0 Å². The minimum absolute atomic E-state index is 0.0245. The molecule has 0 aliphatic heterocycles. The lowest BCUT2D eigenvalue weighted by molar-refractivity contribution is 0.0949. The van der Waals surface area contributed by atoms with E-state index in [1.54, 1.807) is 31.2 Å². The van der Waals surface area contributed by atoms with Gasteiger partial charge in [-0.3, -0.25) is 4.79 Å². The van der Waals surface area contributed by atoms with Crippen molar-refractivity contribution in [3.8, 4) is 0 Å². The molecule has 0 aliphatic carbocycles. The van der Waals surface area contributed by atoms with E-state index < -0.39 is 9.84 Å². The maximum absolute atomic E-state index is 11.8. The summed E-state index contributed by atoms with van der Waals surface area (Å²) < 4.78 is 22.3. The smallest absolute Gasteiger partial charge is 0.251 e. The molecular weight excluding hydrogens is 278 g/mol. The highest BCUT2D eigenvalue weighted by Crippen LogP contribution is 2.08. The lowest BCUT2D eigenvalue weighted by Gasteiger charge is -2.07. The first kappa shape index (κ1) is 16.7. The summed E-state index contributed by atoms with van der Waals surface area (Å²) in [6.07, 6.45) is 2.18. The second kappa shape index (κ2) is 7.40. The van der Waals surface area contributed by atoms with Gasteiger partial charge in [0.2, 0.25) is 0 Å². The third-order valence-corrected chi connectivity index (χ3v) is 3.59. The Bertz CT molecular complexity index is 535. The highest BCUT2D eigenvalue weighted by Gasteiger charge is 2.07. The molecule has 1 amide bonds. The van der Waals surface area contributed by atoms with Gasteiger partial charge in [0.1, 0.15) is 0 Å². The molecule has 0 fully saturated rings. The average Bonchev–Trinajstić information content (AvgIpc) is 2.33. The van der Waals surface area contributed by atoms with Crippen molar-refractivity contribution >= 4 is 15.7 Å². The molecular formula is C14H21NO4S. The molecule has 0 aromatic heterocycles. The van der Waals surface area contributed by atoms with E-state index in [0.717, 1.165) is 6.42 Å². The van der Waals surface area contributed by atoms with Crippen molar-refractivity contribution in [1.29, 1.82) is 0 Å². The van der Waals surface area contributed by atoms with Gasteiger partial charge >= 0.3 is 0 Å². The van der Waals surface area contributed by atoms with Gasteiger partial charge in [-0.25, -0.2) is 8.42 Å². The van der Waals surface area contributed by atoms with Crippen molar-refractivity contribution < 1.29 is 18.3 Å². The quantitative estimate of drug-likeness (QED) is 0.739. The van der Waals surface area contributed by atoms with Crippen molar-refractivity contribution in [1.82, 2.24) is 5.32 Å². The topological polar surface area (TPSA) is 83.5 Å². The van der Waals surface area contributed by atoms with Crippen molar-refractivity contribution in [2.45, 2.75) is 31.6 Å². The van der Waals surface area contributed by atoms with Crippen LogP contribution in [0.2, 0.25) is 0 Å². The predicted octanol–water partition coefficient (Wildman–Crippen LogP) is 1.12. The van der Waals surface area contributed by atoms with Crippen molar-refractivity contribution in [3.63, 3.8) is 0 Å². The van der Waals surface area contributed by atoms with Crippen molar-refractivity contribution in [2.24, 2.45) is 0 Å². The number of benzene rings is 1. The number of hydrogen-bond donors (Lipinski definition) is 2. The number of amides is 1. The summed E-state index contributed by atoms with van der Waals surface area (Å²) in [5, 5.41) is 11.8. The van der Waals surface area contributed by atoms with Crippen molar-refractivity contribution in [2.75, 3.05) is 12.8 Å². The molecule has 6 heteroatoms. The molecule has 1 aromatic carbocycles. The van der Waals surface area contributed by atoms with Crippen LogP contribution >= 0.6 is 0 Å². The largest absolute Gasteiger partial charge is 0.393 e. The second-order valence-corrected chi connectivity index (χ2v) is 7.15. The molecule has 0 saturated heterocycles. The first-order valence-electron chi connectivity index (χ1n) is 6.51. The summed E-state index contributed by atoms with van der Waals surface area (Å²) in [6.45, 7) is 2.22. The molecule has 1 unspecified atom stereocenters. The van der Waals surface area contributed by atoms with Gasteiger partial charge < -0.3 is 10.4 Å². The number of sulfone groups is 1. The highest BCUT2D eigenvalue weighted by atomic mass is 32.2. The Hall–Kier alpha value is -1.40. The Morgan fingerprint density at radius 1 is 1.30 bits per heavy atom. The average molecular weight is 299 g/mol. The maximum Gasteiger partial charge on any atom is 0.251 e. The normalized spacial score (nSPS) is 12.9. The molecule has 5 nitrogen and oxygen atoms in total. The summed E-state index contributed by atoms with van der Waals surface area (Å²) in [5.74, 6) is -0.218. The first-order valence-corrected chi connectivity index (χ1v) is 8.57. The van der Waals surface area contributed by atoms with E-state index in [1.807, 2.05) is 0 Å². The highest BCUT2D eigenvalue weighted by molar-refractivity contribution is 7.89. The van der Waals surface area contributed by atoms with Crippen LogP contribution in [0.5, 0.6) is 0 Å². The van der Waals surface area contributed by atoms with E-state index in [9.17, 15) is 13.2 Å². The summed E-state index contributed by atoms with van der Waals surface area (Å²) in [6, 6.07) is 6.52. The fourth-order valence-corrected chi connectivity index (χ4v) is 2.55. The number of carbonyl (C=O) groups is 1. The van der Waals surface area contributed by atoms with E-state index in [1.165, 1.54) is 6.26 Å². The second-order valence-electron chi connectivity index (χ2n) is 5.01. The Balaban J connectivity index is 2.49. The summed E-state index contributed by atoms with van der Waals surface area (Å²) in [7, 11) is -3.06. The standard InChI is InChI=1S/C14H21NO4S/c1-11(16)4-3-9-15-14(17)13-7-5-12(6-8-13)10-20(2,18)19/h5-8,11,16H,3-4,9-10H2,1-2H3,(H,15,17). The van der Waals surface area contributed by atoms with Crippen LogP contribution in [0.1, 0.15) is 35.7 Å². The van der Waals surface area contributed by atoms with E-state index >= 15 is 0 Å². The molecule has 1 atom stereocenters. The van der Waals surface area contributed by atoms with Crippen LogP contribution in [0.4, 0.5) is 0 Å². The minimum Gasteiger partial charge on any atom is -0.393 e. The Morgan fingerprint density at radius 2 is 1.90 bits per heavy atom. The van der Waals surface area contributed by atoms with E-state index in [0.29, 0.717) is 24.1 Å². The third kappa shape index (κ3) is 6.68. The Morgan fingerprint density at radius 3 is 2.40 bits per heavy atom. The summed E-state index contributed by atoms with van der Waals surface area (Å²) in [5.41, 5.74) is 1.16. The van der Waals surface area contributed by atoms with Gasteiger partial charge in [0.25, 0.3) is 5.91 Å². The molecule has 2 N–H and O–H groups in total. The zero-order valence-corrected chi connectivity index (χ0v) is 12.6. The first-order chi connectivity index (χ1) is 9.28. The molecule has 20 heavy (non-hydrogen) atoms. The fourth-order valence-electron chi connectivity index (χ4n) is 1.76. The third-order valence-electron chi connectivity index (χ3n) is 2.73. The fraction of sp³-hybridized carbons (Fsp3) is 0.500. The molecule has 0 bridgehead atoms. The number of rotatable bonds is 7. The molecule has 1 aromatic rings.